The zero-order valence-corrected chi connectivity index (χ0v) is 10.9. The zero-order chi connectivity index (χ0) is 12.4. The van der Waals surface area contributed by atoms with Crippen molar-refractivity contribution in [3.63, 3.8) is 0 Å². The highest BCUT2D eigenvalue weighted by molar-refractivity contribution is 9.10. The molecular formula is C13H7BrClFO. The van der Waals surface area contributed by atoms with Crippen molar-refractivity contribution < 1.29 is 9.18 Å². The fourth-order valence-corrected chi connectivity index (χ4v) is 2.06. The topological polar surface area (TPSA) is 17.1 Å². The third-order valence-corrected chi connectivity index (χ3v) is 3.22. The quantitative estimate of drug-likeness (QED) is 0.748. The van der Waals surface area contributed by atoms with Crippen LogP contribution in [0.3, 0.4) is 0 Å². The second-order valence-corrected chi connectivity index (χ2v) is 4.72. The third kappa shape index (κ3) is 2.56. The van der Waals surface area contributed by atoms with E-state index in [0.717, 1.165) is 0 Å². The summed E-state index contributed by atoms with van der Waals surface area (Å²) < 4.78 is 14.1. The maximum Gasteiger partial charge on any atom is 0.197 e. The first-order valence-corrected chi connectivity index (χ1v) is 6.01. The molecule has 2 aromatic rings. The molecule has 17 heavy (non-hydrogen) atoms. The normalized spacial score (nSPS) is 10.3. The van der Waals surface area contributed by atoms with Crippen LogP contribution in [-0.4, -0.2) is 5.78 Å². The molecule has 0 aliphatic carbocycles. The lowest BCUT2D eigenvalue weighted by Crippen LogP contribution is -2.04. The fraction of sp³-hybridized carbons (Fsp3) is 0. The van der Waals surface area contributed by atoms with Gasteiger partial charge < -0.3 is 0 Å². The van der Waals surface area contributed by atoms with Crippen LogP contribution in [-0.2, 0) is 0 Å². The molecule has 0 atom stereocenters. The van der Waals surface area contributed by atoms with Crippen molar-refractivity contribution in [2.24, 2.45) is 0 Å². The summed E-state index contributed by atoms with van der Waals surface area (Å²) in [5, 5.41) is 0.438. The van der Waals surface area contributed by atoms with Gasteiger partial charge in [-0.15, -0.1) is 0 Å². The Balaban J connectivity index is 2.51. The Morgan fingerprint density at radius 1 is 1.12 bits per heavy atom. The molecule has 1 nitrogen and oxygen atoms in total. The van der Waals surface area contributed by atoms with Gasteiger partial charge in [-0.05, 0) is 30.3 Å². The largest absolute Gasteiger partial charge is 0.288 e. The van der Waals surface area contributed by atoms with E-state index < -0.39 is 11.6 Å². The van der Waals surface area contributed by atoms with Crippen molar-refractivity contribution in [1.82, 2.24) is 0 Å². The highest BCUT2D eigenvalue weighted by Gasteiger charge is 2.16. The molecule has 0 saturated carbocycles. The van der Waals surface area contributed by atoms with E-state index in [1.807, 2.05) is 0 Å². The Labute approximate surface area is 111 Å². The standard InChI is InChI=1S/C13H7BrClFO/c14-11-6-5-8(15)7-10(11)13(17)9-3-1-2-4-12(9)16/h1-7H. The fourth-order valence-electron chi connectivity index (χ4n) is 1.46. The molecule has 0 fully saturated rings. The van der Waals surface area contributed by atoms with Gasteiger partial charge >= 0.3 is 0 Å². The molecule has 0 bridgehead atoms. The predicted octanol–water partition coefficient (Wildman–Crippen LogP) is 4.47. The molecular weight excluding hydrogens is 306 g/mol. The minimum atomic E-state index is -0.538. The summed E-state index contributed by atoms with van der Waals surface area (Å²) in [5.41, 5.74) is 0.387. The maximum absolute atomic E-state index is 13.5. The summed E-state index contributed by atoms with van der Waals surface area (Å²) in [5.74, 6) is -0.929. The number of carbonyl (C=O) groups excluding carboxylic acids is 1. The summed E-state index contributed by atoms with van der Waals surface area (Å²) in [7, 11) is 0. The van der Waals surface area contributed by atoms with Gasteiger partial charge in [0.1, 0.15) is 5.82 Å². The average molecular weight is 314 g/mol. The molecule has 0 aromatic heterocycles. The molecule has 0 radical (unpaired) electrons. The van der Waals surface area contributed by atoms with Gasteiger partial charge in [-0.2, -0.15) is 0 Å². The Bertz CT molecular complexity index is 583. The number of rotatable bonds is 2. The molecule has 2 aromatic carbocycles. The van der Waals surface area contributed by atoms with Crippen molar-refractivity contribution in [2.75, 3.05) is 0 Å². The van der Waals surface area contributed by atoms with E-state index in [1.54, 1.807) is 24.3 Å². The van der Waals surface area contributed by atoms with Crippen LogP contribution in [0.1, 0.15) is 15.9 Å². The minimum absolute atomic E-state index is 0.0375. The van der Waals surface area contributed by atoms with Crippen molar-refractivity contribution in [3.05, 3.63) is 68.9 Å². The number of halogens is 3. The Kier molecular flexibility index (Phi) is 3.60. The highest BCUT2D eigenvalue weighted by atomic mass is 79.9. The van der Waals surface area contributed by atoms with Crippen LogP contribution in [0.4, 0.5) is 4.39 Å². The third-order valence-electron chi connectivity index (χ3n) is 2.29. The zero-order valence-electron chi connectivity index (χ0n) is 8.58. The van der Waals surface area contributed by atoms with E-state index in [1.165, 1.54) is 18.2 Å². The molecule has 0 spiro atoms. The molecule has 0 saturated heterocycles. The van der Waals surface area contributed by atoms with E-state index in [2.05, 4.69) is 15.9 Å². The Morgan fingerprint density at radius 2 is 1.82 bits per heavy atom. The van der Waals surface area contributed by atoms with Crippen molar-refractivity contribution in [2.45, 2.75) is 0 Å². The van der Waals surface area contributed by atoms with Crippen molar-refractivity contribution in [3.8, 4) is 0 Å². The second kappa shape index (κ2) is 4.98. The van der Waals surface area contributed by atoms with E-state index in [-0.39, 0.29) is 5.56 Å². The Morgan fingerprint density at radius 3 is 2.53 bits per heavy atom. The number of ketones is 1. The van der Waals surface area contributed by atoms with E-state index in [0.29, 0.717) is 15.1 Å². The van der Waals surface area contributed by atoms with E-state index in [4.69, 9.17) is 11.6 Å². The first-order valence-electron chi connectivity index (χ1n) is 4.84. The monoisotopic (exact) mass is 312 g/mol. The summed E-state index contributed by atoms with van der Waals surface area (Å²) in [6.45, 7) is 0. The number of hydrogen-bond acceptors (Lipinski definition) is 1. The van der Waals surface area contributed by atoms with Gasteiger partial charge in [0, 0.05) is 15.1 Å². The molecule has 0 amide bonds. The van der Waals surface area contributed by atoms with Gasteiger partial charge in [0.05, 0.1) is 5.56 Å². The molecule has 0 N–H and O–H groups in total. The van der Waals surface area contributed by atoms with Gasteiger partial charge in [-0.1, -0.05) is 39.7 Å². The van der Waals surface area contributed by atoms with Crippen LogP contribution in [0.2, 0.25) is 5.02 Å². The number of hydrogen-bond donors (Lipinski definition) is 0. The maximum atomic E-state index is 13.5. The second-order valence-electron chi connectivity index (χ2n) is 3.43. The first kappa shape index (κ1) is 12.3. The lowest BCUT2D eigenvalue weighted by molar-refractivity contribution is 0.103. The van der Waals surface area contributed by atoms with E-state index >= 15 is 0 Å². The highest BCUT2D eigenvalue weighted by Crippen LogP contribution is 2.24. The van der Waals surface area contributed by atoms with Gasteiger partial charge in [-0.25, -0.2) is 4.39 Å². The average Bonchev–Trinajstić information content (AvgIpc) is 2.32. The van der Waals surface area contributed by atoms with Crippen LogP contribution in [0.15, 0.2) is 46.9 Å². The molecule has 2 rings (SSSR count). The van der Waals surface area contributed by atoms with Crippen molar-refractivity contribution >= 4 is 33.3 Å². The molecule has 0 aliphatic heterocycles. The smallest absolute Gasteiger partial charge is 0.197 e. The molecule has 4 heteroatoms. The van der Waals surface area contributed by atoms with Crippen molar-refractivity contribution in [1.29, 1.82) is 0 Å². The lowest BCUT2D eigenvalue weighted by atomic mass is 10.0. The van der Waals surface area contributed by atoms with Crippen LogP contribution in [0.25, 0.3) is 0 Å². The van der Waals surface area contributed by atoms with Crippen LogP contribution < -0.4 is 0 Å². The first-order chi connectivity index (χ1) is 8.09. The minimum Gasteiger partial charge on any atom is -0.288 e. The van der Waals surface area contributed by atoms with Gasteiger partial charge in [0.25, 0.3) is 0 Å². The van der Waals surface area contributed by atoms with Crippen LogP contribution in [0, 0.1) is 5.82 Å². The van der Waals surface area contributed by atoms with Gasteiger partial charge in [-0.3, -0.25) is 4.79 Å². The summed E-state index contributed by atoms with van der Waals surface area (Å²) in [6, 6.07) is 10.7. The molecule has 0 unspecified atom stereocenters. The number of benzene rings is 2. The lowest BCUT2D eigenvalue weighted by Gasteiger charge is -2.05. The van der Waals surface area contributed by atoms with Crippen LogP contribution in [0.5, 0.6) is 0 Å². The summed E-state index contributed by atoms with van der Waals surface area (Å²) >= 11 is 9.07. The summed E-state index contributed by atoms with van der Waals surface area (Å²) in [6.07, 6.45) is 0. The van der Waals surface area contributed by atoms with Gasteiger partial charge in [0.15, 0.2) is 5.78 Å². The van der Waals surface area contributed by atoms with Gasteiger partial charge in [0.2, 0.25) is 0 Å². The predicted molar refractivity (Wildman–Crippen MR) is 69.0 cm³/mol. The summed E-state index contributed by atoms with van der Waals surface area (Å²) in [4.78, 5) is 12.1. The molecule has 86 valence electrons. The van der Waals surface area contributed by atoms with Crippen LogP contribution >= 0.6 is 27.5 Å². The SMILES string of the molecule is O=C(c1ccccc1F)c1cc(Cl)ccc1Br. The number of carbonyl (C=O) groups is 1. The van der Waals surface area contributed by atoms with E-state index in [9.17, 15) is 9.18 Å². The molecule has 0 heterocycles. The molecule has 0 aliphatic rings. The Hall–Kier alpha value is -1.19.